The Morgan fingerprint density at radius 3 is 1.71 bits per heavy atom. The van der Waals surface area contributed by atoms with Crippen molar-refractivity contribution in [3.63, 3.8) is 0 Å². The highest BCUT2D eigenvalue weighted by Gasteiger charge is 2.32. The third-order valence-corrected chi connectivity index (χ3v) is 7.41. The summed E-state index contributed by atoms with van der Waals surface area (Å²) in [6.45, 7) is 5.86. The van der Waals surface area contributed by atoms with Gasteiger partial charge in [0.15, 0.2) is 8.32 Å². The van der Waals surface area contributed by atoms with Crippen LogP contribution in [0.2, 0.25) is 18.1 Å². The zero-order valence-corrected chi connectivity index (χ0v) is 10.1. The molecule has 14 heavy (non-hydrogen) atoms. The molecule has 0 amide bonds. The van der Waals surface area contributed by atoms with Gasteiger partial charge >= 0.3 is 6.18 Å². The van der Waals surface area contributed by atoms with Crippen LogP contribution < -0.4 is 0 Å². The average Bonchev–Trinajstić information content (AvgIpc) is 2.11. The topological polar surface area (TPSA) is 9.23 Å². The quantitative estimate of drug-likeness (QED) is 0.625. The molecule has 0 aliphatic carbocycles. The summed E-state index contributed by atoms with van der Waals surface area (Å²) >= 11 is 0. The predicted molar refractivity (Wildman–Crippen MR) is 53.8 cm³/mol. The molecule has 0 unspecified atom stereocenters. The second kappa shape index (κ2) is 5.75. The molecule has 0 spiro atoms. The molecule has 0 atom stereocenters. The van der Waals surface area contributed by atoms with Crippen LogP contribution in [0.5, 0.6) is 0 Å². The molecule has 0 aliphatic heterocycles. The molecule has 5 heteroatoms. The summed E-state index contributed by atoms with van der Waals surface area (Å²) in [5.74, 6) is 0. The van der Waals surface area contributed by atoms with Crippen LogP contribution in [0.15, 0.2) is 0 Å². The molecular formula is C9H19F3OSi. The van der Waals surface area contributed by atoms with Crippen LogP contribution in [0, 0.1) is 0 Å². The molecule has 0 saturated carbocycles. The first-order valence-corrected chi connectivity index (χ1v) is 7.62. The second-order valence-corrected chi connectivity index (χ2v) is 8.23. The fraction of sp³-hybridized carbons (Fsp3) is 1.00. The standard InChI is InChI=1S/C9H19F3OSi/c1-4-14(5-2,6-3)13-8-7-9(10,11)12/h4-8H2,1-3H3. The summed E-state index contributed by atoms with van der Waals surface area (Å²) in [5, 5.41) is 0. The van der Waals surface area contributed by atoms with Crippen LogP contribution in [0.4, 0.5) is 13.2 Å². The van der Waals surface area contributed by atoms with E-state index in [1.807, 2.05) is 20.8 Å². The first-order valence-electron chi connectivity index (χ1n) is 5.10. The van der Waals surface area contributed by atoms with Crippen molar-refractivity contribution >= 4 is 8.32 Å². The normalized spacial score (nSPS) is 13.3. The number of rotatable bonds is 6. The summed E-state index contributed by atoms with van der Waals surface area (Å²) in [6, 6.07) is 2.70. The molecule has 86 valence electrons. The lowest BCUT2D eigenvalue weighted by atomic mass is 10.5. The van der Waals surface area contributed by atoms with Crippen LogP contribution in [-0.2, 0) is 4.43 Å². The highest BCUT2D eigenvalue weighted by molar-refractivity contribution is 6.73. The molecule has 0 aromatic heterocycles. The van der Waals surface area contributed by atoms with Gasteiger partial charge in [-0.15, -0.1) is 0 Å². The number of hydrogen-bond acceptors (Lipinski definition) is 1. The summed E-state index contributed by atoms with van der Waals surface area (Å²) in [7, 11) is -1.82. The molecule has 0 N–H and O–H groups in total. The Morgan fingerprint density at radius 1 is 1.00 bits per heavy atom. The monoisotopic (exact) mass is 228 g/mol. The van der Waals surface area contributed by atoms with Gasteiger partial charge in [-0.3, -0.25) is 0 Å². The Labute approximate surface area is 84.8 Å². The van der Waals surface area contributed by atoms with Gasteiger partial charge in [0.05, 0.1) is 6.42 Å². The van der Waals surface area contributed by atoms with E-state index in [0.29, 0.717) is 0 Å². The Bertz CT molecular complexity index is 146. The molecule has 0 aromatic carbocycles. The van der Waals surface area contributed by atoms with Crippen molar-refractivity contribution in [3.8, 4) is 0 Å². The third kappa shape index (κ3) is 5.00. The molecule has 0 aromatic rings. The van der Waals surface area contributed by atoms with Crippen molar-refractivity contribution < 1.29 is 17.6 Å². The van der Waals surface area contributed by atoms with Gasteiger partial charge in [0.2, 0.25) is 0 Å². The van der Waals surface area contributed by atoms with Gasteiger partial charge in [-0.25, -0.2) is 0 Å². The average molecular weight is 228 g/mol. The van der Waals surface area contributed by atoms with E-state index in [1.54, 1.807) is 0 Å². The van der Waals surface area contributed by atoms with Crippen molar-refractivity contribution in [3.05, 3.63) is 0 Å². The van der Waals surface area contributed by atoms with Gasteiger partial charge in [0, 0.05) is 6.61 Å². The highest BCUT2D eigenvalue weighted by Crippen LogP contribution is 2.25. The van der Waals surface area contributed by atoms with Crippen molar-refractivity contribution in [1.82, 2.24) is 0 Å². The minimum Gasteiger partial charge on any atom is -0.416 e. The summed E-state index contributed by atoms with van der Waals surface area (Å²) < 4.78 is 41.1. The van der Waals surface area contributed by atoms with E-state index in [-0.39, 0.29) is 6.61 Å². The van der Waals surface area contributed by atoms with Gasteiger partial charge in [-0.05, 0) is 18.1 Å². The van der Waals surface area contributed by atoms with E-state index in [1.165, 1.54) is 0 Å². The number of alkyl halides is 3. The van der Waals surface area contributed by atoms with E-state index in [4.69, 9.17) is 4.43 Å². The summed E-state index contributed by atoms with van der Waals surface area (Å²) in [4.78, 5) is 0. The lowest BCUT2D eigenvalue weighted by Crippen LogP contribution is -2.36. The van der Waals surface area contributed by atoms with Crippen LogP contribution >= 0.6 is 0 Å². The first kappa shape index (κ1) is 14.0. The zero-order valence-electron chi connectivity index (χ0n) is 9.08. The molecule has 0 heterocycles. The molecule has 0 aliphatic rings. The Hall–Kier alpha value is -0.0331. The molecule has 0 bridgehead atoms. The fourth-order valence-electron chi connectivity index (χ4n) is 1.44. The third-order valence-electron chi connectivity index (χ3n) is 2.73. The lowest BCUT2D eigenvalue weighted by molar-refractivity contribution is -0.140. The summed E-state index contributed by atoms with van der Waals surface area (Å²) in [6.07, 6.45) is -4.91. The van der Waals surface area contributed by atoms with Crippen LogP contribution in [0.1, 0.15) is 27.2 Å². The molecule has 0 saturated heterocycles. The highest BCUT2D eigenvalue weighted by atomic mass is 28.4. The number of halogens is 3. The fourth-order valence-corrected chi connectivity index (χ4v) is 4.09. The zero-order chi connectivity index (χ0) is 11.2. The SMILES string of the molecule is CC[Si](CC)(CC)OCCC(F)(F)F. The van der Waals surface area contributed by atoms with Crippen molar-refractivity contribution in [2.45, 2.75) is 51.5 Å². The number of hydrogen-bond donors (Lipinski definition) is 0. The van der Waals surface area contributed by atoms with Crippen LogP contribution in [-0.4, -0.2) is 21.1 Å². The van der Waals surface area contributed by atoms with Crippen LogP contribution in [0.25, 0.3) is 0 Å². The van der Waals surface area contributed by atoms with Gasteiger partial charge in [-0.1, -0.05) is 20.8 Å². The van der Waals surface area contributed by atoms with Gasteiger partial charge in [0.1, 0.15) is 0 Å². The van der Waals surface area contributed by atoms with Crippen molar-refractivity contribution in [2.24, 2.45) is 0 Å². The van der Waals surface area contributed by atoms with Crippen molar-refractivity contribution in [1.29, 1.82) is 0 Å². The Kier molecular flexibility index (Phi) is 5.74. The largest absolute Gasteiger partial charge is 0.416 e. The Balaban J connectivity index is 3.95. The van der Waals surface area contributed by atoms with E-state index in [2.05, 4.69) is 0 Å². The van der Waals surface area contributed by atoms with Gasteiger partial charge in [-0.2, -0.15) is 13.2 Å². The van der Waals surface area contributed by atoms with E-state index in [0.717, 1.165) is 18.1 Å². The van der Waals surface area contributed by atoms with Gasteiger partial charge in [0.25, 0.3) is 0 Å². The minimum absolute atomic E-state index is 0.161. The molecule has 0 radical (unpaired) electrons. The molecule has 1 nitrogen and oxygen atoms in total. The molecular weight excluding hydrogens is 209 g/mol. The summed E-state index contributed by atoms with van der Waals surface area (Å²) in [5.41, 5.74) is 0. The maximum Gasteiger partial charge on any atom is 0.391 e. The van der Waals surface area contributed by atoms with Crippen LogP contribution in [0.3, 0.4) is 0 Å². The maximum atomic E-state index is 11.9. The smallest absolute Gasteiger partial charge is 0.391 e. The minimum atomic E-state index is -4.09. The van der Waals surface area contributed by atoms with E-state index < -0.39 is 20.9 Å². The second-order valence-electron chi connectivity index (χ2n) is 3.46. The first-order chi connectivity index (χ1) is 6.39. The predicted octanol–water partition coefficient (Wildman–Crippen LogP) is 3.96. The Morgan fingerprint density at radius 2 is 1.43 bits per heavy atom. The van der Waals surface area contributed by atoms with Crippen molar-refractivity contribution in [2.75, 3.05) is 6.61 Å². The molecule has 0 rings (SSSR count). The maximum absolute atomic E-state index is 11.9. The van der Waals surface area contributed by atoms with Gasteiger partial charge < -0.3 is 4.43 Å². The lowest BCUT2D eigenvalue weighted by Gasteiger charge is -2.28. The van der Waals surface area contributed by atoms with E-state index in [9.17, 15) is 13.2 Å². The van der Waals surface area contributed by atoms with E-state index >= 15 is 0 Å². The molecule has 0 fully saturated rings.